The molecule has 0 fully saturated rings. The Morgan fingerprint density at radius 2 is 1.96 bits per heavy atom. The predicted molar refractivity (Wildman–Crippen MR) is 112 cm³/mol. The SMILES string of the molecule is CC(=O)N1CCc2cc(S(=O)(=O)[C@@H](C)CC(=O)Nc3cccc(Br)c3)ccc21. The smallest absolute Gasteiger partial charge is 0.225 e. The first-order chi connectivity index (χ1) is 13.2. The highest BCUT2D eigenvalue weighted by Crippen LogP contribution is 2.31. The Bertz CT molecular complexity index is 1040. The highest BCUT2D eigenvalue weighted by molar-refractivity contribution is 9.10. The summed E-state index contributed by atoms with van der Waals surface area (Å²) in [5, 5.41) is 1.85. The van der Waals surface area contributed by atoms with Crippen molar-refractivity contribution in [3.8, 4) is 0 Å². The topological polar surface area (TPSA) is 83.6 Å². The van der Waals surface area contributed by atoms with Crippen molar-refractivity contribution in [3.63, 3.8) is 0 Å². The summed E-state index contributed by atoms with van der Waals surface area (Å²) in [7, 11) is -3.67. The number of rotatable bonds is 5. The number of amides is 2. The Labute approximate surface area is 173 Å². The molecular formula is C20H21BrN2O4S. The molecule has 8 heteroatoms. The highest BCUT2D eigenvalue weighted by Gasteiger charge is 2.29. The van der Waals surface area contributed by atoms with Crippen molar-refractivity contribution in [1.29, 1.82) is 0 Å². The maximum atomic E-state index is 12.9. The first-order valence-electron chi connectivity index (χ1n) is 8.89. The van der Waals surface area contributed by atoms with E-state index in [-0.39, 0.29) is 23.1 Å². The number of hydrogen-bond acceptors (Lipinski definition) is 4. The maximum Gasteiger partial charge on any atom is 0.225 e. The fraction of sp³-hybridized carbons (Fsp3) is 0.300. The molecule has 1 aliphatic rings. The van der Waals surface area contributed by atoms with Gasteiger partial charge in [0.25, 0.3) is 0 Å². The molecule has 2 aromatic rings. The second-order valence-electron chi connectivity index (χ2n) is 6.83. The fourth-order valence-corrected chi connectivity index (χ4v) is 5.06. The number of carbonyl (C=O) groups is 2. The molecule has 0 radical (unpaired) electrons. The van der Waals surface area contributed by atoms with Crippen LogP contribution in [0, 0.1) is 0 Å². The van der Waals surface area contributed by atoms with Crippen molar-refractivity contribution in [2.75, 3.05) is 16.8 Å². The van der Waals surface area contributed by atoms with Crippen molar-refractivity contribution in [1.82, 2.24) is 0 Å². The summed E-state index contributed by atoms with van der Waals surface area (Å²) in [6, 6.07) is 11.9. The van der Waals surface area contributed by atoms with Crippen LogP contribution >= 0.6 is 15.9 Å². The van der Waals surface area contributed by atoms with Crippen molar-refractivity contribution in [2.45, 2.75) is 36.8 Å². The molecule has 1 aliphatic heterocycles. The Balaban J connectivity index is 1.73. The summed E-state index contributed by atoms with van der Waals surface area (Å²) >= 11 is 3.33. The van der Waals surface area contributed by atoms with E-state index < -0.39 is 15.1 Å². The minimum absolute atomic E-state index is 0.0630. The third kappa shape index (κ3) is 4.28. The average molecular weight is 465 g/mol. The monoisotopic (exact) mass is 464 g/mol. The van der Waals surface area contributed by atoms with Gasteiger partial charge in [-0.1, -0.05) is 22.0 Å². The van der Waals surface area contributed by atoms with Gasteiger partial charge in [-0.15, -0.1) is 0 Å². The lowest BCUT2D eigenvalue weighted by Gasteiger charge is -2.16. The summed E-state index contributed by atoms with van der Waals surface area (Å²) in [5.41, 5.74) is 2.19. The van der Waals surface area contributed by atoms with Crippen LogP contribution in [-0.4, -0.2) is 32.0 Å². The molecule has 0 saturated carbocycles. The van der Waals surface area contributed by atoms with E-state index in [0.29, 0.717) is 18.7 Å². The molecule has 1 atom stereocenters. The predicted octanol–water partition coefficient (Wildman–Crippen LogP) is 3.55. The second kappa shape index (κ2) is 8.05. The summed E-state index contributed by atoms with van der Waals surface area (Å²) in [6.45, 7) is 3.58. The van der Waals surface area contributed by atoms with E-state index in [9.17, 15) is 18.0 Å². The van der Waals surface area contributed by atoms with Crippen molar-refractivity contribution < 1.29 is 18.0 Å². The van der Waals surface area contributed by atoms with Crippen LogP contribution in [0.2, 0.25) is 0 Å². The van der Waals surface area contributed by atoms with Gasteiger partial charge in [-0.2, -0.15) is 0 Å². The maximum absolute atomic E-state index is 12.9. The highest BCUT2D eigenvalue weighted by atomic mass is 79.9. The average Bonchev–Trinajstić information content (AvgIpc) is 3.05. The van der Waals surface area contributed by atoms with E-state index >= 15 is 0 Å². The normalized spacial score (nSPS) is 14.5. The zero-order valence-corrected chi connectivity index (χ0v) is 18.0. The van der Waals surface area contributed by atoms with E-state index in [1.165, 1.54) is 19.9 Å². The molecule has 2 aromatic carbocycles. The number of anilines is 2. The first-order valence-corrected chi connectivity index (χ1v) is 11.2. The lowest BCUT2D eigenvalue weighted by Crippen LogP contribution is -2.26. The van der Waals surface area contributed by atoms with Crippen LogP contribution in [0.4, 0.5) is 11.4 Å². The van der Waals surface area contributed by atoms with Gasteiger partial charge in [-0.25, -0.2) is 8.42 Å². The van der Waals surface area contributed by atoms with Crippen molar-refractivity contribution >= 4 is 49.0 Å². The molecule has 2 amide bonds. The molecule has 1 N–H and O–H groups in total. The number of hydrogen-bond donors (Lipinski definition) is 1. The molecule has 0 aliphatic carbocycles. The quantitative estimate of drug-likeness (QED) is 0.732. The van der Waals surface area contributed by atoms with Gasteiger partial charge in [0.2, 0.25) is 11.8 Å². The van der Waals surface area contributed by atoms with E-state index in [1.807, 2.05) is 6.07 Å². The van der Waals surface area contributed by atoms with Crippen molar-refractivity contribution in [2.24, 2.45) is 0 Å². The lowest BCUT2D eigenvalue weighted by molar-refractivity contribution is -0.117. The molecule has 0 aromatic heterocycles. The van der Waals surface area contributed by atoms with E-state index in [4.69, 9.17) is 0 Å². The Morgan fingerprint density at radius 1 is 1.21 bits per heavy atom. The molecule has 0 saturated heterocycles. The number of nitrogens with zero attached hydrogens (tertiary/aromatic N) is 1. The molecule has 0 bridgehead atoms. The third-order valence-electron chi connectivity index (χ3n) is 4.77. The third-order valence-corrected chi connectivity index (χ3v) is 7.40. The van der Waals surface area contributed by atoms with Gasteiger partial charge in [0.1, 0.15) is 0 Å². The molecule has 0 spiro atoms. The van der Waals surface area contributed by atoms with Gasteiger partial charge in [-0.05, 0) is 55.3 Å². The van der Waals surface area contributed by atoms with Gasteiger partial charge < -0.3 is 10.2 Å². The zero-order chi connectivity index (χ0) is 20.5. The minimum atomic E-state index is -3.67. The number of fused-ring (bicyclic) bond motifs is 1. The second-order valence-corrected chi connectivity index (χ2v) is 10.1. The Kier molecular flexibility index (Phi) is 5.90. The molecular weight excluding hydrogens is 444 g/mol. The molecule has 0 unspecified atom stereocenters. The number of benzene rings is 2. The van der Waals surface area contributed by atoms with Gasteiger partial charge >= 0.3 is 0 Å². The van der Waals surface area contributed by atoms with Gasteiger partial charge in [-0.3, -0.25) is 9.59 Å². The molecule has 6 nitrogen and oxygen atoms in total. The number of nitrogens with one attached hydrogen (secondary N) is 1. The zero-order valence-electron chi connectivity index (χ0n) is 15.6. The minimum Gasteiger partial charge on any atom is -0.326 e. The Hall–Kier alpha value is -2.19. The van der Waals surface area contributed by atoms with E-state index in [0.717, 1.165) is 15.7 Å². The van der Waals surface area contributed by atoms with E-state index in [2.05, 4.69) is 21.2 Å². The van der Waals surface area contributed by atoms with Crippen LogP contribution in [0.1, 0.15) is 25.8 Å². The Morgan fingerprint density at radius 3 is 2.64 bits per heavy atom. The fourth-order valence-electron chi connectivity index (χ4n) is 3.26. The number of halogens is 1. The van der Waals surface area contributed by atoms with Crippen molar-refractivity contribution in [3.05, 3.63) is 52.5 Å². The summed E-state index contributed by atoms with van der Waals surface area (Å²) < 4.78 is 26.7. The van der Waals surface area contributed by atoms with Crippen LogP contribution in [0.25, 0.3) is 0 Å². The number of sulfone groups is 1. The molecule has 3 rings (SSSR count). The van der Waals surface area contributed by atoms with Crippen LogP contribution < -0.4 is 10.2 Å². The van der Waals surface area contributed by atoms with Crippen LogP contribution in [0.3, 0.4) is 0 Å². The summed E-state index contributed by atoms with van der Waals surface area (Å²) in [6.07, 6.45) is 0.474. The van der Waals surface area contributed by atoms with Gasteiger partial charge in [0.05, 0.1) is 10.1 Å². The summed E-state index contributed by atoms with van der Waals surface area (Å²) in [5.74, 6) is -0.426. The lowest BCUT2D eigenvalue weighted by atomic mass is 10.2. The molecule has 28 heavy (non-hydrogen) atoms. The van der Waals surface area contributed by atoms with Gasteiger partial charge in [0.15, 0.2) is 9.84 Å². The summed E-state index contributed by atoms with van der Waals surface area (Å²) in [4.78, 5) is 25.8. The van der Waals surface area contributed by atoms with E-state index in [1.54, 1.807) is 35.2 Å². The molecule has 1 heterocycles. The van der Waals surface area contributed by atoms with Crippen LogP contribution in [0.5, 0.6) is 0 Å². The standard InChI is InChI=1S/C20H21BrN2O4S/c1-13(10-20(25)22-17-5-3-4-16(21)12-17)28(26,27)18-6-7-19-15(11-18)8-9-23(19)14(2)24/h3-7,11-13H,8-10H2,1-2H3,(H,22,25)/t13-/m0/s1. The first kappa shape index (κ1) is 20.5. The number of carbonyl (C=O) groups excluding carboxylic acids is 2. The molecule has 148 valence electrons. The van der Waals surface area contributed by atoms with Gasteiger partial charge in [0, 0.05) is 35.7 Å². The largest absolute Gasteiger partial charge is 0.326 e. The van der Waals surface area contributed by atoms with Crippen LogP contribution in [-0.2, 0) is 25.8 Å². The van der Waals surface area contributed by atoms with Crippen LogP contribution in [0.15, 0.2) is 51.8 Å².